The summed E-state index contributed by atoms with van der Waals surface area (Å²) >= 11 is 0. The number of hydrogen-bond donors (Lipinski definition) is 2. The molecule has 0 saturated carbocycles. The maximum atomic E-state index is 11.3. The topological polar surface area (TPSA) is 57.8 Å². The Labute approximate surface area is 70.0 Å². The van der Waals surface area contributed by atoms with E-state index in [1.54, 1.807) is 0 Å². The van der Waals surface area contributed by atoms with Crippen molar-refractivity contribution < 1.29 is 0 Å². The van der Waals surface area contributed by atoms with Crippen LogP contribution in [0.2, 0.25) is 0 Å². The van der Waals surface area contributed by atoms with Crippen LogP contribution in [-0.4, -0.2) is 16.0 Å². The molecule has 4 nitrogen and oxygen atoms in total. The lowest BCUT2D eigenvalue weighted by Crippen LogP contribution is -2.37. The standard InChI is InChI=1S/C8H11N3O/c1-5-2-6-7(3-9-5)10-4-11-8(6)12/h4-5,9H,2-3H2,1H3,(H,10,11,12). The molecular formula is C8H11N3O. The molecule has 0 bridgehead atoms. The highest BCUT2D eigenvalue weighted by molar-refractivity contribution is 5.19. The Morgan fingerprint density at radius 1 is 1.67 bits per heavy atom. The van der Waals surface area contributed by atoms with E-state index in [4.69, 9.17) is 0 Å². The van der Waals surface area contributed by atoms with Crippen LogP contribution in [0.5, 0.6) is 0 Å². The quantitative estimate of drug-likeness (QED) is 0.560. The number of aromatic nitrogens is 2. The zero-order valence-corrected chi connectivity index (χ0v) is 6.92. The summed E-state index contributed by atoms with van der Waals surface area (Å²) in [6, 6.07) is 0.378. The molecule has 0 radical (unpaired) electrons. The van der Waals surface area contributed by atoms with Gasteiger partial charge in [-0.15, -0.1) is 0 Å². The summed E-state index contributed by atoms with van der Waals surface area (Å²) in [6.07, 6.45) is 2.23. The SMILES string of the molecule is CC1Cc2c(nc[nH]c2=O)CN1. The van der Waals surface area contributed by atoms with Gasteiger partial charge in [0.2, 0.25) is 0 Å². The number of nitrogens with one attached hydrogen (secondary N) is 2. The van der Waals surface area contributed by atoms with E-state index in [9.17, 15) is 4.79 Å². The Balaban J connectivity index is 2.50. The van der Waals surface area contributed by atoms with Crippen molar-refractivity contribution in [3.8, 4) is 0 Å². The minimum Gasteiger partial charge on any atom is -0.313 e. The largest absolute Gasteiger partial charge is 0.313 e. The van der Waals surface area contributed by atoms with E-state index >= 15 is 0 Å². The minimum absolute atomic E-state index is 0.00773. The number of nitrogens with zero attached hydrogens (tertiary/aromatic N) is 1. The molecule has 0 aliphatic carbocycles. The molecule has 12 heavy (non-hydrogen) atoms. The fourth-order valence-corrected chi connectivity index (χ4v) is 1.48. The van der Waals surface area contributed by atoms with Crippen molar-refractivity contribution in [2.75, 3.05) is 0 Å². The van der Waals surface area contributed by atoms with Gasteiger partial charge in [0.15, 0.2) is 0 Å². The van der Waals surface area contributed by atoms with E-state index in [0.717, 1.165) is 17.7 Å². The van der Waals surface area contributed by atoms with Crippen LogP contribution < -0.4 is 10.9 Å². The third-order valence-electron chi connectivity index (χ3n) is 2.17. The highest BCUT2D eigenvalue weighted by Crippen LogP contribution is 2.08. The van der Waals surface area contributed by atoms with Gasteiger partial charge in [-0.3, -0.25) is 4.79 Å². The van der Waals surface area contributed by atoms with Crippen LogP contribution in [0.1, 0.15) is 18.2 Å². The molecule has 0 amide bonds. The number of rotatable bonds is 0. The summed E-state index contributed by atoms with van der Waals surface area (Å²) in [5.74, 6) is 0. The van der Waals surface area contributed by atoms with E-state index in [1.807, 2.05) is 0 Å². The fraction of sp³-hybridized carbons (Fsp3) is 0.500. The summed E-state index contributed by atoms with van der Waals surface area (Å²) in [5.41, 5.74) is 1.73. The van der Waals surface area contributed by atoms with Crippen molar-refractivity contribution >= 4 is 0 Å². The number of fused-ring (bicyclic) bond motifs is 1. The maximum absolute atomic E-state index is 11.3. The molecule has 2 rings (SSSR count). The van der Waals surface area contributed by atoms with Crippen LogP contribution in [0, 0.1) is 0 Å². The Hall–Kier alpha value is -1.16. The van der Waals surface area contributed by atoms with Crippen molar-refractivity contribution in [1.29, 1.82) is 0 Å². The molecular weight excluding hydrogens is 154 g/mol. The molecule has 1 unspecified atom stereocenters. The average Bonchev–Trinajstić information content (AvgIpc) is 2.07. The molecule has 0 saturated heterocycles. The monoisotopic (exact) mass is 165 g/mol. The van der Waals surface area contributed by atoms with Crippen LogP contribution >= 0.6 is 0 Å². The number of hydrogen-bond acceptors (Lipinski definition) is 3. The number of aromatic amines is 1. The molecule has 64 valence electrons. The Morgan fingerprint density at radius 3 is 3.33 bits per heavy atom. The van der Waals surface area contributed by atoms with Crippen molar-refractivity contribution in [3.05, 3.63) is 27.9 Å². The van der Waals surface area contributed by atoms with Crippen LogP contribution in [0.25, 0.3) is 0 Å². The Bertz CT molecular complexity index is 344. The van der Waals surface area contributed by atoms with Gasteiger partial charge in [-0.05, 0) is 13.3 Å². The second-order valence-corrected chi connectivity index (χ2v) is 3.14. The first-order valence-electron chi connectivity index (χ1n) is 4.06. The van der Waals surface area contributed by atoms with Gasteiger partial charge in [0, 0.05) is 18.2 Å². The minimum atomic E-state index is 0.00773. The van der Waals surface area contributed by atoms with E-state index in [2.05, 4.69) is 22.2 Å². The summed E-state index contributed by atoms with van der Waals surface area (Å²) < 4.78 is 0. The van der Waals surface area contributed by atoms with Gasteiger partial charge in [0.1, 0.15) is 0 Å². The number of H-pyrrole nitrogens is 1. The third-order valence-corrected chi connectivity index (χ3v) is 2.17. The zero-order valence-electron chi connectivity index (χ0n) is 6.92. The normalized spacial score (nSPS) is 21.9. The predicted molar refractivity (Wildman–Crippen MR) is 44.9 cm³/mol. The van der Waals surface area contributed by atoms with Crippen molar-refractivity contribution in [3.63, 3.8) is 0 Å². The van der Waals surface area contributed by atoms with Crippen LogP contribution in [0.15, 0.2) is 11.1 Å². The van der Waals surface area contributed by atoms with Gasteiger partial charge in [0.05, 0.1) is 12.0 Å². The highest BCUT2D eigenvalue weighted by atomic mass is 16.1. The summed E-state index contributed by atoms with van der Waals surface area (Å²) in [7, 11) is 0. The van der Waals surface area contributed by atoms with Gasteiger partial charge >= 0.3 is 0 Å². The summed E-state index contributed by atoms with van der Waals surface area (Å²) in [4.78, 5) is 18.0. The van der Waals surface area contributed by atoms with Gasteiger partial charge in [-0.25, -0.2) is 4.98 Å². The fourth-order valence-electron chi connectivity index (χ4n) is 1.48. The van der Waals surface area contributed by atoms with Gasteiger partial charge < -0.3 is 10.3 Å². The van der Waals surface area contributed by atoms with Gasteiger partial charge in [-0.1, -0.05) is 0 Å². The van der Waals surface area contributed by atoms with E-state index in [1.165, 1.54) is 6.33 Å². The first kappa shape index (κ1) is 7.49. The Morgan fingerprint density at radius 2 is 2.50 bits per heavy atom. The highest BCUT2D eigenvalue weighted by Gasteiger charge is 2.17. The molecule has 1 aromatic heterocycles. The predicted octanol–water partition coefficient (Wildman–Crippen LogP) is -0.196. The lowest BCUT2D eigenvalue weighted by molar-refractivity contribution is 0.500. The van der Waals surface area contributed by atoms with E-state index in [-0.39, 0.29) is 5.56 Å². The molecule has 4 heteroatoms. The van der Waals surface area contributed by atoms with Crippen molar-refractivity contribution in [2.45, 2.75) is 25.9 Å². The molecule has 1 aliphatic rings. The molecule has 2 heterocycles. The van der Waals surface area contributed by atoms with Gasteiger partial charge in [0.25, 0.3) is 5.56 Å². The summed E-state index contributed by atoms with van der Waals surface area (Å²) in [6.45, 7) is 2.77. The smallest absolute Gasteiger partial charge is 0.254 e. The Kier molecular flexibility index (Phi) is 1.69. The molecule has 2 N–H and O–H groups in total. The third kappa shape index (κ3) is 1.14. The lowest BCUT2D eigenvalue weighted by Gasteiger charge is -2.20. The van der Waals surface area contributed by atoms with Crippen molar-refractivity contribution in [1.82, 2.24) is 15.3 Å². The zero-order chi connectivity index (χ0) is 8.55. The summed E-state index contributed by atoms with van der Waals surface area (Å²) in [5, 5.41) is 3.25. The van der Waals surface area contributed by atoms with Crippen LogP contribution in [0.4, 0.5) is 0 Å². The van der Waals surface area contributed by atoms with E-state index in [0.29, 0.717) is 12.6 Å². The molecule has 0 spiro atoms. The second-order valence-electron chi connectivity index (χ2n) is 3.14. The first-order chi connectivity index (χ1) is 5.77. The molecule has 1 aromatic rings. The average molecular weight is 165 g/mol. The second kappa shape index (κ2) is 2.71. The van der Waals surface area contributed by atoms with Crippen molar-refractivity contribution in [2.24, 2.45) is 0 Å². The van der Waals surface area contributed by atoms with E-state index < -0.39 is 0 Å². The molecule has 1 aliphatic heterocycles. The molecule has 0 fully saturated rings. The maximum Gasteiger partial charge on any atom is 0.254 e. The van der Waals surface area contributed by atoms with Crippen LogP contribution in [0.3, 0.4) is 0 Å². The molecule has 1 atom stereocenters. The molecule has 0 aromatic carbocycles. The van der Waals surface area contributed by atoms with Crippen LogP contribution in [-0.2, 0) is 13.0 Å². The lowest BCUT2D eigenvalue weighted by atomic mass is 10.0. The first-order valence-corrected chi connectivity index (χ1v) is 4.06. The van der Waals surface area contributed by atoms with Gasteiger partial charge in [-0.2, -0.15) is 0 Å².